The Balaban J connectivity index is 1.55. The van der Waals surface area contributed by atoms with Crippen molar-refractivity contribution in [1.82, 2.24) is 9.97 Å². The molecule has 1 saturated carbocycles. The van der Waals surface area contributed by atoms with E-state index < -0.39 is 0 Å². The van der Waals surface area contributed by atoms with Crippen LogP contribution in [-0.4, -0.2) is 22.6 Å². The molecule has 2 bridgehead atoms. The van der Waals surface area contributed by atoms with Crippen LogP contribution >= 0.6 is 0 Å². The van der Waals surface area contributed by atoms with Crippen LogP contribution in [0.5, 0.6) is 0 Å². The van der Waals surface area contributed by atoms with E-state index in [4.69, 9.17) is 5.73 Å². The van der Waals surface area contributed by atoms with Crippen molar-refractivity contribution in [2.75, 3.05) is 22.5 Å². The average molecular weight is 366 g/mol. The molecular weight excluding hydrogens is 334 g/mol. The van der Waals surface area contributed by atoms with Crippen molar-refractivity contribution >= 4 is 17.3 Å². The van der Waals surface area contributed by atoms with E-state index in [1.807, 2.05) is 0 Å². The van der Waals surface area contributed by atoms with Gasteiger partial charge in [-0.25, -0.2) is 9.97 Å². The Bertz CT molecular complexity index is 829. The van der Waals surface area contributed by atoms with Crippen molar-refractivity contribution in [3.63, 3.8) is 0 Å². The van der Waals surface area contributed by atoms with Crippen molar-refractivity contribution in [2.45, 2.75) is 59.5 Å². The zero-order valence-corrected chi connectivity index (χ0v) is 16.9. The van der Waals surface area contributed by atoms with Crippen molar-refractivity contribution in [2.24, 2.45) is 10.8 Å². The maximum absolute atomic E-state index is 6.52. The van der Waals surface area contributed by atoms with Gasteiger partial charge in [0.2, 0.25) is 0 Å². The summed E-state index contributed by atoms with van der Waals surface area (Å²) in [5.41, 5.74) is 10.4. The molecule has 2 aliphatic rings. The van der Waals surface area contributed by atoms with Gasteiger partial charge in [0.25, 0.3) is 0 Å². The first-order valence-corrected chi connectivity index (χ1v) is 9.91. The third-order valence-electron chi connectivity index (χ3n) is 6.13. The number of anilines is 3. The fourth-order valence-corrected chi connectivity index (χ4v) is 5.36. The van der Waals surface area contributed by atoms with Crippen LogP contribution in [0.25, 0.3) is 0 Å². The summed E-state index contributed by atoms with van der Waals surface area (Å²) >= 11 is 0. The summed E-state index contributed by atoms with van der Waals surface area (Å²) in [6.07, 6.45) is 5.32. The number of nitrogens with one attached hydrogen (secondary N) is 1. The van der Waals surface area contributed by atoms with Crippen molar-refractivity contribution in [1.29, 1.82) is 0 Å². The number of hydrogen-bond donors (Lipinski definition) is 2. The highest BCUT2D eigenvalue weighted by Crippen LogP contribution is 2.53. The van der Waals surface area contributed by atoms with Crippen molar-refractivity contribution in [3.8, 4) is 0 Å². The highest BCUT2D eigenvalue weighted by molar-refractivity contribution is 5.75. The number of aryl methyl sites for hydroxylation is 1. The molecule has 144 valence electrons. The lowest BCUT2D eigenvalue weighted by molar-refractivity contribution is 0.136. The summed E-state index contributed by atoms with van der Waals surface area (Å²) in [6.45, 7) is 11.0. The van der Waals surface area contributed by atoms with Gasteiger partial charge in [-0.1, -0.05) is 50.6 Å². The molecule has 5 nitrogen and oxygen atoms in total. The lowest BCUT2D eigenvalue weighted by atomic mass is 9.65. The Kier molecular flexibility index (Phi) is 4.28. The predicted octanol–water partition coefficient (Wildman–Crippen LogP) is 4.38. The van der Waals surface area contributed by atoms with Crippen molar-refractivity contribution in [3.05, 3.63) is 41.7 Å². The molecule has 0 radical (unpaired) electrons. The number of aromatic nitrogens is 2. The molecule has 5 heteroatoms. The van der Waals surface area contributed by atoms with E-state index in [0.29, 0.717) is 29.1 Å². The van der Waals surface area contributed by atoms with E-state index in [9.17, 15) is 0 Å². The topological polar surface area (TPSA) is 67.1 Å². The van der Waals surface area contributed by atoms with Crippen LogP contribution < -0.4 is 16.0 Å². The first kappa shape index (κ1) is 18.1. The van der Waals surface area contributed by atoms with Gasteiger partial charge < -0.3 is 16.0 Å². The first-order valence-electron chi connectivity index (χ1n) is 9.91. The molecule has 2 unspecified atom stereocenters. The SMILES string of the molecule is Cc1ccc(CNc2ncnc(N3CC4(C)CC3CC(C)(C)C4)c2N)cc1. The van der Waals surface area contributed by atoms with Gasteiger partial charge in [-0.2, -0.15) is 0 Å². The molecule has 0 amide bonds. The number of nitrogens with two attached hydrogens (primary N) is 1. The van der Waals surface area contributed by atoms with Crippen LogP contribution in [0.2, 0.25) is 0 Å². The summed E-state index contributed by atoms with van der Waals surface area (Å²) in [4.78, 5) is 11.4. The van der Waals surface area contributed by atoms with Crippen LogP contribution in [0.1, 0.15) is 51.2 Å². The second-order valence-electron chi connectivity index (χ2n) is 9.64. The zero-order valence-electron chi connectivity index (χ0n) is 16.9. The van der Waals surface area contributed by atoms with E-state index in [-0.39, 0.29) is 0 Å². The molecule has 3 N–H and O–H groups in total. The Morgan fingerprint density at radius 2 is 1.89 bits per heavy atom. The van der Waals surface area contributed by atoms with Crippen LogP contribution in [0.3, 0.4) is 0 Å². The average Bonchev–Trinajstić information content (AvgIpc) is 2.84. The summed E-state index contributed by atoms with van der Waals surface area (Å²) in [7, 11) is 0. The zero-order chi connectivity index (χ0) is 19.2. The van der Waals surface area contributed by atoms with Gasteiger partial charge in [0.15, 0.2) is 11.6 Å². The molecule has 2 fully saturated rings. The summed E-state index contributed by atoms with van der Waals surface area (Å²) < 4.78 is 0. The predicted molar refractivity (Wildman–Crippen MR) is 112 cm³/mol. The minimum absolute atomic E-state index is 0.347. The molecule has 27 heavy (non-hydrogen) atoms. The standard InChI is InChI=1S/C22H31N5/c1-15-5-7-16(8-6-15)11-24-19-18(23)20(26-14-25-19)27-13-22(4)10-17(27)9-21(2,3)12-22/h5-8,14,17H,9-13,23H2,1-4H3,(H,24,25,26). The Labute approximate surface area is 162 Å². The van der Waals surface area contributed by atoms with Gasteiger partial charge in [-0.05, 0) is 42.6 Å². The second-order valence-corrected chi connectivity index (χ2v) is 9.64. The van der Waals surface area contributed by atoms with Gasteiger partial charge in [0.1, 0.15) is 12.0 Å². The highest BCUT2D eigenvalue weighted by Gasteiger charge is 2.50. The van der Waals surface area contributed by atoms with E-state index in [1.54, 1.807) is 6.33 Å². The number of nitrogens with zero attached hydrogens (tertiary/aromatic N) is 3. The quantitative estimate of drug-likeness (QED) is 0.841. The number of nitrogen functional groups attached to an aromatic ring is 1. The molecule has 4 rings (SSSR count). The van der Waals surface area contributed by atoms with Gasteiger partial charge in [-0.3, -0.25) is 0 Å². The van der Waals surface area contributed by atoms with E-state index in [2.05, 4.69) is 72.1 Å². The maximum atomic E-state index is 6.52. The fourth-order valence-electron chi connectivity index (χ4n) is 5.36. The smallest absolute Gasteiger partial charge is 0.157 e. The molecule has 0 spiro atoms. The minimum Gasteiger partial charge on any atom is -0.393 e. The lowest BCUT2D eigenvalue weighted by Crippen LogP contribution is -2.35. The van der Waals surface area contributed by atoms with Crippen LogP contribution in [0.4, 0.5) is 17.3 Å². The Morgan fingerprint density at radius 1 is 1.15 bits per heavy atom. The number of hydrogen-bond acceptors (Lipinski definition) is 5. The van der Waals surface area contributed by atoms with Gasteiger partial charge in [-0.15, -0.1) is 0 Å². The third kappa shape index (κ3) is 3.60. The summed E-state index contributed by atoms with van der Waals surface area (Å²) in [6, 6.07) is 9.03. The highest BCUT2D eigenvalue weighted by atomic mass is 15.3. The van der Waals surface area contributed by atoms with E-state index >= 15 is 0 Å². The minimum atomic E-state index is 0.347. The lowest BCUT2D eigenvalue weighted by Gasteiger charge is -2.39. The molecule has 1 aromatic heterocycles. The normalized spacial score (nSPS) is 26.2. The molecule has 1 aliphatic heterocycles. The van der Waals surface area contributed by atoms with Crippen LogP contribution in [0, 0.1) is 17.8 Å². The number of rotatable bonds is 4. The van der Waals surface area contributed by atoms with E-state index in [1.165, 1.54) is 30.4 Å². The molecular formula is C22H31N5. The van der Waals surface area contributed by atoms with Gasteiger partial charge in [0.05, 0.1) is 0 Å². The molecule has 2 heterocycles. The van der Waals surface area contributed by atoms with Crippen molar-refractivity contribution < 1.29 is 0 Å². The Morgan fingerprint density at radius 3 is 2.63 bits per heavy atom. The largest absolute Gasteiger partial charge is 0.393 e. The van der Waals surface area contributed by atoms with Crippen LogP contribution in [-0.2, 0) is 6.54 Å². The molecule has 1 aromatic carbocycles. The third-order valence-corrected chi connectivity index (χ3v) is 6.13. The molecule has 1 aliphatic carbocycles. The fraction of sp³-hybridized carbons (Fsp3) is 0.545. The number of benzene rings is 1. The first-order chi connectivity index (χ1) is 12.7. The maximum Gasteiger partial charge on any atom is 0.157 e. The molecule has 1 saturated heterocycles. The second kappa shape index (κ2) is 6.39. The van der Waals surface area contributed by atoms with Gasteiger partial charge >= 0.3 is 0 Å². The van der Waals surface area contributed by atoms with Crippen LogP contribution in [0.15, 0.2) is 30.6 Å². The summed E-state index contributed by atoms with van der Waals surface area (Å²) in [5.74, 6) is 1.62. The molecule has 2 aromatic rings. The number of fused-ring (bicyclic) bond motifs is 2. The monoisotopic (exact) mass is 365 g/mol. The summed E-state index contributed by atoms with van der Waals surface area (Å²) in [5, 5.41) is 3.40. The van der Waals surface area contributed by atoms with Gasteiger partial charge in [0, 0.05) is 19.1 Å². The Hall–Kier alpha value is -2.30. The molecule has 2 atom stereocenters. The van der Waals surface area contributed by atoms with E-state index in [0.717, 1.165) is 18.2 Å².